The van der Waals surface area contributed by atoms with E-state index in [4.69, 9.17) is 16.7 Å². The van der Waals surface area contributed by atoms with Crippen molar-refractivity contribution in [3.63, 3.8) is 0 Å². The maximum Gasteiger partial charge on any atom is 0.305 e. The molecule has 1 aliphatic rings. The molecule has 7 heteroatoms. The van der Waals surface area contributed by atoms with Crippen LogP contribution < -0.4 is 0 Å². The van der Waals surface area contributed by atoms with E-state index >= 15 is 0 Å². The number of hydrogen-bond acceptors (Lipinski definition) is 4. The van der Waals surface area contributed by atoms with Crippen molar-refractivity contribution in [1.82, 2.24) is 4.90 Å². The number of carboxylic acids is 1. The number of aliphatic carboxylic acids is 1. The number of benzene rings is 1. The van der Waals surface area contributed by atoms with E-state index in [0.717, 1.165) is 17.1 Å². The van der Waals surface area contributed by atoms with Crippen LogP contribution in [0.25, 0.3) is 0 Å². The van der Waals surface area contributed by atoms with E-state index in [1.807, 2.05) is 24.3 Å². The zero-order valence-electron chi connectivity index (χ0n) is 12.0. The monoisotopic (exact) mass is 359 g/mol. The highest BCUT2D eigenvalue weighted by Gasteiger charge is 2.28. The number of carboxylic acid groups (broad SMARTS) is 1. The molecule has 1 N–H and O–H groups in total. The summed E-state index contributed by atoms with van der Waals surface area (Å²) >= 11 is 9.10. The molecule has 120 valence electrons. The Balaban J connectivity index is 1.82. The van der Waals surface area contributed by atoms with Gasteiger partial charge >= 0.3 is 5.97 Å². The summed E-state index contributed by atoms with van der Waals surface area (Å²) in [6, 6.07) is 7.39. The van der Waals surface area contributed by atoms with Crippen LogP contribution >= 0.6 is 35.1 Å². The third kappa shape index (κ3) is 5.41. The molecule has 1 aromatic carbocycles. The lowest BCUT2D eigenvalue weighted by Crippen LogP contribution is -2.47. The fourth-order valence-corrected chi connectivity index (χ4v) is 4.33. The van der Waals surface area contributed by atoms with Gasteiger partial charge in [0, 0.05) is 28.8 Å². The van der Waals surface area contributed by atoms with Crippen molar-refractivity contribution in [1.29, 1.82) is 0 Å². The Bertz CT molecular complexity index is 524. The lowest BCUT2D eigenvalue weighted by Gasteiger charge is -2.34. The lowest BCUT2D eigenvalue weighted by molar-refractivity contribution is -0.139. The molecule has 0 saturated carbocycles. The average Bonchev–Trinajstić information content (AvgIpc) is 2.49. The molecular weight excluding hydrogens is 342 g/mol. The molecule has 1 aromatic rings. The normalized spacial score (nSPS) is 18.2. The molecule has 1 atom stereocenters. The van der Waals surface area contributed by atoms with E-state index in [1.165, 1.54) is 0 Å². The smallest absolute Gasteiger partial charge is 0.305 e. The molecule has 1 amide bonds. The highest BCUT2D eigenvalue weighted by molar-refractivity contribution is 7.99. The van der Waals surface area contributed by atoms with Gasteiger partial charge in [-0.1, -0.05) is 23.7 Å². The van der Waals surface area contributed by atoms with Crippen molar-refractivity contribution in [3.05, 3.63) is 34.9 Å². The minimum atomic E-state index is -0.848. The van der Waals surface area contributed by atoms with Gasteiger partial charge in [0.05, 0.1) is 18.2 Å². The molecule has 1 aliphatic heterocycles. The Kier molecular flexibility index (Phi) is 6.92. The van der Waals surface area contributed by atoms with Crippen LogP contribution in [0.3, 0.4) is 0 Å². The molecule has 1 unspecified atom stereocenters. The number of rotatable bonds is 6. The van der Waals surface area contributed by atoms with E-state index in [-0.39, 0.29) is 18.4 Å². The fourth-order valence-electron chi connectivity index (χ4n) is 2.27. The first-order valence-electron chi connectivity index (χ1n) is 6.97. The van der Waals surface area contributed by atoms with Crippen molar-refractivity contribution in [2.75, 3.05) is 23.8 Å². The van der Waals surface area contributed by atoms with E-state index < -0.39 is 5.97 Å². The summed E-state index contributed by atoms with van der Waals surface area (Å²) in [6.45, 7) is 0.642. The molecule has 0 spiro atoms. The Morgan fingerprint density at radius 2 is 2.09 bits per heavy atom. The number of nitrogens with zero attached hydrogens (tertiary/aromatic N) is 1. The molecular formula is C15H18ClNO3S2. The van der Waals surface area contributed by atoms with Crippen molar-refractivity contribution in [2.24, 2.45) is 0 Å². The zero-order chi connectivity index (χ0) is 15.9. The van der Waals surface area contributed by atoms with Gasteiger partial charge in [-0.2, -0.15) is 11.8 Å². The maximum atomic E-state index is 12.3. The number of thioether (sulfide) groups is 2. The van der Waals surface area contributed by atoms with Crippen LogP contribution in [-0.4, -0.2) is 51.7 Å². The summed E-state index contributed by atoms with van der Waals surface area (Å²) in [5.74, 6) is 1.90. The van der Waals surface area contributed by atoms with Crippen molar-refractivity contribution in [2.45, 2.75) is 18.2 Å². The first-order valence-corrected chi connectivity index (χ1v) is 9.66. The maximum absolute atomic E-state index is 12.3. The molecule has 1 fully saturated rings. The molecule has 2 rings (SSSR count). The SMILES string of the molecule is O=C(O)CC1CSCCN1C(=O)CSCc1ccc(Cl)cc1. The summed E-state index contributed by atoms with van der Waals surface area (Å²) in [6.07, 6.45) is 0.0284. The van der Waals surface area contributed by atoms with Gasteiger partial charge in [-0.05, 0) is 17.7 Å². The van der Waals surface area contributed by atoms with Crippen LogP contribution in [0.15, 0.2) is 24.3 Å². The molecule has 1 saturated heterocycles. The van der Waals surface area contributed by atoms with Crippen LogP contribution in [-0.2, 0) is 15.3 Å². The Hall–Kier alpha value is -0.850. The Morgan fingerprint density at radius 3 is 2.77 bits per heavy atom. The van der Waals surface area contributed by atoms with Crippen molar-refractivity contribution in [3.8, 4) is 0 Å². The predicted molar refractivity (Wildman–Crippen MR) is 92.7 cm³/mol. The van der Waals surface area contributed by atoms with Gasteiger partial charge in [-0.3, -0.25) is 9.59 Å². The zero-order valence-corrected chi connectivity index (χ0v) is 14.4. The number of halogens is 1. The summed E-state index contributed by atoms with van der Waals surface area (Å²) in [7, 11) is 0. The van der Waals surface area contributed by atoms with Gasteiger partial charge in [-0.15, -0.1) is 11.8 Å². The quantitative estimate of drug-likeness (QED) is 0.846. The summed E-state index contributed by atoms with van der Waals surface area (Å²) < 4.78 is 0. The highest BCUT2D eigenvalue weighted by atomic mass is 35.5. The van der Waals surface area contributed by atoms with Gasteiger partial charge in [0.2, 0.25) is 5.91 Å². The van der Waals surface area contributed by atoms with Crippen LogP contribution in [0.2, 0.25) is 5.02 Å². The highest BCUT2D eigenvalue weighted by Crippen LogP contribution is 2.21. The van der Waals surface area contributed by atoms with Crippen LogP contribution in [0.5, 0.6) is 0 Å². The van der Waals surface area contributed by atoms with E-state index in [2.05, 4.69) is 0 Å². The average molecular weight is 360 g/mol. The van der Waals surface area contributed by atoms with Crippen molar-refractivity contribution >= 4 is 47.0 Å². The first-order chi connectivity index (χ1) is 10.6. The van der Waals surface area contributed by atoms with Gasteiger partial charge < -0.3 is 10.0 Å². The van der Waals surface area contributed by atoms with Crippen LogP contribution in [0, 0.1) is 0 Å². The fraction of sp³-hybridized carbons (Fsp3) is 0.467. The predicted octanol–water partition coefficient (Wildman–Crippen LogP) is 2.99. The van der Waals surface area contributed by atoms with Gasteiger partial charge in [-0.25, -0.2) is 0 Å². The standard InChI is InChI=1S/C15H18ClNO3S2/c16-12-3-1-11(2-4-12)8-22-10-14(18)17-5-6-21-9-13(17)7-15(19)20/h1-4,13H,5-10H2,(H,19,20). The second kappa shape index (κ2) is 8.70. The molecule has 1 heterocycles. The first kappa shape index (κ1) is 17.5. The Morgan fingerprint density at radius 1 is 1.36 bits per heavy atom. The van der Waals surface area contributed by atoms with E-state index in [0.29, 0.717) is 23.1 Å². The number of hydrogen-bond donors (Lipinski definition) is 1. The molecule has 22 heavy (non-hydrogen) atoms. The largest absolute Gasteiger partial charge is 0.481 e. The van der Waals surface area contributed by atoms with E-state index in [1.54, 1.807) is 28.4 Å². The topological polar surface area (TPSA) is 57.6 Å². The third-order valence-corrected chi connectivity index (χ3v) is 5.70. The molecule has 0 bridgehead atoms. The third-order valence-electron chi connectivity index (χ3n) is 3.37. The summed E-state index contributed by atoms with van der Waals surface area (Å²) in [4.78, 5) is 25.0. The number of carbonyl (C=O) groups is 2. The molecule has 4 nitrogen and oxygen atoms in total. The summed E-state index contributed by atoms with van der Waals surface area (Å²) in [5.41, 5.74) is 1.12. The number of amides is 1. The molecule has 0 radical (unpaired) electrons. The molecule has 0 aromatic heterocycles. The van der Waals surface area contributed by atoms with Crippen LogP contribution in [0.4, 0.5) is 0 Å². The lowest BCUT2D eigenvalue weighted by atomic mass is 10.2. The van der Waals surface area contributed by atoms with Crippen molar-refractivity contribution < 1.29 is 14.7 Å². The van der Waals surface area contributed by atoms with Crippen LogP contribution in [0.1, 0.15) is 12.0 Å². The number of carbonyl (C=O) groups excluding carboxylic acids is 1. The van der Waals surface area contributed by atoms with Gasteiger partial charge in [0.25, 0.3) is 0 Å². The minimum Gasteiger partial charge on any atom is -0.481 e. The van der Waals surface area contributed by atoms with Gasteiger partial charge in [0.1, 0.15) is 0 Å². The Labute approximate surface area is 143 Å². The minimum absolute atomic E-state index is 0.0284. The van der Waals surface area contributed by atoms with E-state index in [9.17, 15) is 9.59 Å². The summed E-state index contributed by atoms with van der Waals surface area (Å²) in [5, 5.41) is 9.65. The second-order valence-electron chi connectivity index (χ2n) is 5.03. The molecule has 0 aliphatic carbocycles. The second-order valence-corrected chi connectivity index (χ2v) is 7.60. The van der Waals surface area contributed by atoms with Gasteiger partial charge in [0.15, 0.2) is 0 Å².